The number of ether oxygens (including phenoxy) is 1. The first-order chi connectivity index (χ1) is 10.4. The van der Waals surface area contributed by atoms with E-state index in [0.29, 0.717) is 0 Å². The van der Waals surface area contributed by atoms with Crippen LogP contribution in [0.25, 0.3) is 0 Å². The third-order valence-electron chi connectivity index (χ3n) is 3.95. The fourth-order valence-corrected chi connectivity index (χ4v) is 4.15. The normalized spacial score (nSPS) is 17.2. The lowest BCUT2D eigenvalue weighted by atomic mass is 10.1. The topological polar surface area (TPSA) is 77.4 Å². The molecule has 1 aliphatic carbocycles. The van der Waals surface area contributed by atoms with Crippen molar-refractivity contribution in [3.63, 3.8) is 0 Å². The predicted molar refractivity (Wildman–Crippen MR) is 83.2 cm³/mol. The highest BCUT2D eigenvalue weighted by Gasteiger charge is 2.24. The lowest BCUT2D eigenvalue weighted by molar-refractivity contribution is 0.0515. The molecule has 0 unspecified atom stereocenters. The van der Waals surface area contributed by atoms with Crippen LogP contribution in [0.1, 0.15) is 55.9 Å². The van der Waals surface area contributed by atoms with Gasteiger partial charge in [0.25, 0.3) is 0 Å². The number of aryl methyl sites for hydroxylation is 1. The molecular formula is C15H24N2O4S. The van der Waals surface area contributed by atoms with E-state index in [0.717, 1.165) is 38.5 Å². The molecule has 0 atom stereocenters. The Morgan fingerprint density at radius 1 is 1.32 bits per heavy atom. The molecule has 0 aliphatic heterocycles. The molecule has 7 heteroatoms. The number of nitrogens with one attached hydrogen (secondary N) is 1. The van der Waals surface area contributed by atoms with Crippen LogP contribution >= 0.6 is 0 Å². The van der Waals surface area contributed by atoms with Gasteiger partial charge in [-0.15, -0.1) is 0 Å². The minimum atomic E-state index is -3.60. The summed E-state index contributed by atoms with van der Waals surface area (Å²) in [6, 6.07) is 1.36. The standard InChI is InChI=1S/C15H24N2O4S/c1-3-21-15(18)14-10-13(11-17(14)2)22(19,20)16-12-8-6-4-5-7-9-12/h10-12,16H,3-9H2,1-2H3. The van der Waals surface area contributed by atoms with Gasteiger partial charge >= 0.3 is 5.97 Å². The van der Waals surface area contributed by atoms with Gasteiger partial charge in [0.2, 0.25) is 10.0 Å². The fourth-order valence-electron chi connectivity index (χ4n) is 2.77. The summed E-state index contributed by atoms with van der Waals surface area (Å²) in [6.45, 7) is 1.97. The Hall–Kier alpha value is -1.34. The van der Waals surface area contributed by atoms with Gasteiger partial charge in [-0.05, 0) is 25.8 Å². The molecule has 1 fully saturated rings. The Bertz CT molecular complexity index is 613. The molecule has 6 nitrogen and oxygen atoms in total. The maximum absolute atomic E-state index is 12.5. The van der Waals surface area contributed by atoms with Gasteiger partial charge in [0, 0.05) is 19.3 Å². The van der Waals surface area contributed by atoms with Gasteiger partial charge in [0.15, 0.2) is 0 Å². The van der Waals surface area contributed by atoms with Crippen molar-refractivity contribution in [1.29, 1.82) is 0 Å². The van der Waals surface area contributed by atoms with E-state index in [9.17, 15) is 13.2 Å². The molecular weight excluding hydrogens is 304 g/mol. The van der Waals surface area contributed by atoms with Crippen LogP contribution in [-0.2, 0) is 21.8 Å². The number of sulfonamides is 1. The molecule has 0 spiro atoms. The highest BCUT2D eigenvalue weighted by atomic mass is 32.2. The largest absolute Gasteiger partial charge is 0.461 e. The molecule has 1 saturated carbocycles. The average Bonchev–Trinajstić information content (AvgIpc) is 2.68. The van der Waals surface area contributed by atoms with Crippen LogP contribution in [0.4, 0.5) is 0 Å². The third kappa shape index (κ3) is 4.10. The summed E-state index contributed by atoms with van der Waals surface area (Å²) in [5.74, 6) is -0.513. The highest BCUT2D eigenvalue weighted by Crippen LogP contribution is 2.20. The minimum Gasteiger partial charge on any atom is -0.461 e. The van der Waals surface area contributed by atoms with Crippen LogP contribution in [0.5, 0.6) is 0 Å². The summed E-state index contributed by atoms with van der Waals surface area (Å²) in [6.07, 6.45) is 7.62. The molecule has 1 aromatic rings. The molecule has 124 valence electrons. The number of nitrogens with zero attached hydrogens (tertiary/aromatic N) is 1. The van der Waals surface area contributed by atoms with Gasteiger partial charge < -0.3 is 9.30 Å². The molecule has 0 amide bonds. The van der Waals surface area contributed by atoms with Gasteiger partial charge in [0.1, 0.15) is 10.6 Å². The van der Waals surface area contributed by atoms with Gasteiger partial charge in [-0.3, -0.25) is 0 Å². The highest BCUT2D eigenvalue weighted by molar-refractivity contribution is 7.89. The van der Waals surface area contributed by atoms with Gasteiger partial charge in [-0.25, -0.2) is 17.9 Å². The van der Waals surface area contributed by atoms with Crippen molar-refractivity contribution >= 4 is 16.0 Å². The number of hydrogen-bond donors (Lipinski definition) is 1. The average molecular weight is 328 g/mol. The van der Waals surface area contributed by atoms with Crippen LogP contribution in [0.15, 0.2) is 17.2 Å². The molecule has 1 N–H and O–H groups in total. The molecule has 1 aromatic heterocycles. The maximum atomic E-state index is 12.5. The lowest BCUT2D eigenvalue weighted by Crippen LogP contribution is -2.34. The van der Waals surface area contributed by atoms with E-state index < -0.39 is 16.0 Å². The van der Waals surface area contributed by atoms with Crippen molar-refractivity contribution in [2.24, 2.45) is 7.05 Å². The van der Waals surface area contributed by atoms with E-state index in [2.05, 4.69) is 4.72 Å². The summed E-state index contributed by atoms with van der Waals surface area (Å²) in [5, 5.41) is 0. The lowest BCUT2D eigenvalue weighted by Gasteiger charge is -2.15. The zero-order chi connectivity index (χ0) is 16.2. The van der Waals surface area contributed by atoms with Crippen molar-refractivity contribution in [3.8, 4) is 0 Å². The Balaban J connectivity index is 2.15. The van der Waals surface area contributed by atoms with E-state index in [4.69, 9.17) is 4.74 Å². The summed E-state index contributed by atoms with van der Waals surface area (Å²) in [4.78, 5) is 11.9. The monoisotopic (exact) mass is 328 g/mol. The van der Waals surface area contributed by atoms with Crippen molar-refractivity contribution in [2.45, 2.75) is 56.4 Å². The van der Waals surface area contributed by atoms with E-state index in [1.165, 1.54) is 16.8 Å². The zero-order valence-corrected chi connectivity index (χ0v) is 14.0. The quantitative estimate of drug-likeness (QED) is 0.664. The first kappa shape index (κ1) is 17.0. The molecule has 0 bridgehead atoms. The first-order valence-corrected chi connectivity index (χ1v) is 9.28. The second-order valence-corrected chi connectivity index (χ2v) is 7.42. The van der Waals surface area contributed by atoms with E-state index >= 15 is 0 Å². The fraction of sp³-hybridized carbons (Fsp3) is 0.667. The van der Waals surface area contributed by atoms with Crippen LogP contribution in [0.3, 0.4) is 0 Å². The maximum Gasteiger partial charge on any atom is 0.354 e. The van der Waals surface area contributed by atoms with Crippen LogP contribution < -0.4 is 4.72 Å². The minimum absolute atomic E-state index is 0.0150. The van der Waals surface area contributed by atoms with Crippen LogP contribution in [0, 0.1) is 0 Å². The zero-order valence-electron chi connectivity index (χ0n) is 13.2. The molecule has 0 radical (unpaired) electrons. The third-order valence-corrected chi connectivity index (χ3v) is 5.44. The van der Waals surface area contributed by atoms with Gasteiger partial charge in [0.05, 0.1) is 6.61 Å². The van der Waals surface area contributed by atoms with E-state index in [1.54, 1.807) is 14.0 Å². The summed E-state index contributed by atoms with van der Waals surface area (Å²) >= 11 is 0. The van der Waals surface area contributed by atoms with Crippen molar-refractivity contribution in [3.05, 3.63) is 18.0 Å². The Morgan fingerprint density at radius 3 is 2.55 bits per heavy atom. The van der Waals surface area contributed by atoms with Crippen LogP contribution in [0.2, 0.25) is 0 Å². The number of esters is 1. The van der Waals surface area contributed by atoms with E-state index in [1.807, 2.05) is 0 Å². The van der Waals surface area contributed by atoms with E-state index in [-0.39, 0.29) is 23.2 Å². The molecule has 1 aliphatic rings. The molecule has 0 aromatic carbocycles. The Labute approximate surface area is 131 Å². The van der Waals surface area contributed by atoms with Crippen molar-refractivity contribution in [1.82, 2.24) is 9.29 Å². The predicted octanol–water partition coefficient (Wildman–Crippen LogP) is 2.20. The summed E-state index contributed by atoms with van der Waals surface area (Å²) in [7, 11) is -1.97. The van der Waals surface area contributed by atoms with Crippen LogP contribution in [-0.4, -0.2) is 31.6 Å². The smallest absolute Gasteiger partial charge is 0.354 e. The summed E-state index contributed by atoms with van der Waals surface area (Å²) < 4.78 is 34.1. The number of rotatable bonds is 5. The first-order valence-electron chi connectivity index (χ1n) is 7.80. The Kier molecular flexibility index (Phi) is 5.63. The molecule has 0 saturated heterocycles. The number of carbonyl (C=O) groups is 1. The molecule has 1 heterocycles. The number of hydrogen-bond acceptors (Lipinski definition) is 4. The Morgan fingerprint density at radius 2 is 1.95 bits per heavy atom. The number of aromatic nitrogens is 1. The van der Waals surface area contributed by atoms with Gasteiger partial charge in [-0.1, -0.05) is 25.7 Å². The van der Waals surface area contributed by atoms with Gasteiger partial charge in [-0.2, -0.15) is 0 Å². The SMILES string of the molecule is CCOC(=O)c1cc(S(=O)(=O)NC2CCCCCC2)cn1C. The van der Waals surface area contributed by atoms with Crippen molar-refractivity contribution in [2.75, 3.05) is 6.61 Å². The molecule has 22 heavy (non-hydrogen) atoms. The molecule has 2 rings (SSSR count). The van der Waals surface area contributed by atoms with Crippen molar-refractivity contribution < 1.29 is 17.9 Å². The summed E-state index contributed by atoms with van der Waals surface area (Å²) in [5.41, 5.74) is 0.239. The second-order valence-electron chi connectivity index (χ2n) is 5.70. The second kappa shape index (κ2) is 7.28. The number of carbonyl (C=O) groups excluding carboxylic acids is 1.